The smallest absolute Gasteiger partial charge is 0.264 e. The second-order valence-electron chi connectivity index (χ2n) is 9.67. The molecule has 0 heterocycles. The number of rotatable bonds is 12. The Hall–Kier alpha value is -3.92. The van der Waals surface area contributed by atoms with Crippen molar-refractivity contribution in [2.24, 2.45) is 0 Å². The molecule has 0 unspecified atom stereocenters. The molecule has 0 aromatic heterocycles. The lowest BCUT2D eigenvalue weighted by atomic mass is 10.1. The SMILES string of the molecule is CC[C@@H](C)NC(=O)[C@H](C)N(Cc1cccc(OC)c1)C(=O)CN(c1ccc(C)cc1)S(=O)(=O)c1ccc(F)cc1. The molecule has 0 bridgehead atoms. The number of carbonyl (C=O) groups excluding carboxylic acids is 2. The highest BCUT2D eigenvalue weighted by Gasteiger charge is 2.32. The van der Waals surface area contributed by atoms with Crippen molar-refractivity contribution in [2.45, 2.75) is 57.6 Å². The molecule has 214 valence electrons. The van der Waals surface area contributed by atoms with E-state index in [0.717, 1.165) is 34.1 Å². The molecule has 0 aliphatic carbocycles. The number of carbonyl (C=O) groups is 2. The van der Waals surface area contributed by atoms with Gasteiger partial charge < -0.3 is 15.0 Å². The van der Waals surface area contributed by atoms with Crippen LogP contribution in [0.15, 0.2) is 77.7 Å². The maximum absolute atomic E-state index is 13.9. The van der Waals surface area contributed by atoms with E-state index in [0.29, 0.717) is 17.7 Å². The van der Waals surface area contributed by atoms with Crippen molar-refractivity contribution in [1.29, 1.82) is 0 Å². The second kappa shape index (κ2) is 13.4. The van der Waals surface area contributed by atoms with E-state index in [4.69, 9.17) is 4.74 Å². The van der Waals surface area contributed by atoms with Gasteiger partial charge >= 0.3 is 0 Å². The highest BCUT2D eigenvalue weighted by atomic mass is 32.2. The lowest BCUT2D eigenvalue weighted by Crippen LogP contribution is -2.52. The van der Waals surface area contributed by atoms with E-state index in [-0.39, 0.29) is 29.1 Å². The second-order valence-corrected chi connectivity index (χ2v) is 11.5. The predicted octanol–water partition coefficient (Wildman–Crippen LogP) is 4.67. The summed E-state index contributed by atoms with van der Waals surface area (Å²) < 4.78 is 47.4. The third-order valence-corrected chi connectivity index (χ3v) is 8.45. The number of hydrogen-bond donors (Lipinski definition) is 1. The molecule has 2 amide bonds. The van der Waals surface area contributed by atoms with Gasteiger partial charge in [0.25, 0.3) is 10.0 Å². The van der Waals surface area contributed by atoms with Gasteiger partial charge in [0.1, 0.15) is 24.2 Å². The van der Waals surface area contributed by atoms with E-state index >= 15 is 0 Å². The van der Waals surface area contributed by atoms with Crippen LogP contribution in [-0.4, -0.2) is 50.9 Å². The first-order valence-electron chi connectivity index (χ1n) is 13.0. The molecule has 3 rings (SSSR count). The topological polar surface area (TPSA) is 96.0 Å². The van der Waals surface area contributed by atoms with Gasteiger partial charge in [0.2, 0.25) is 11.8 Å². The van der Waals surface area contributed by atoms with Gasteiger partial charge in [-0.25, -0.2) is 12.8 Å². The molecule has 0 fully saturated rings. The molecular weight excluding hydrogens is 533 g/mol. The monoisotopic (exact) mass is 569 g/mol. The quantitative estimate of drug-likeness (QED) is 0.342. The minimum Gasteiger partial charge on any atom is -0.497 e. The summed E-state index contributed by atoms with van der Waals surface area (Å²) >= 11 is 0. The Morgan fingerprint density at radius 1 is 1.00 bits per heavy atom. The molecule has 3 aromatic rings. The molecule has 0 aliphatic rings. The van der Waals surface area contributed by atoms with Crippen molar-refractivity contribution in [3.63, 3.8) is 0 Å². The molecule has 0 saturated heterocycles. The van der Waals surface area contributed by atoms with Crippen molar-refractivity contribution in [1.82, 2.24) is 10.2 Å². The van der Waals surface area contributed by atoms with E-state index in [9.17, 15) is 22.4 Å². The molecular formula is C30H36FN3O5S. The molecule has 0 aliphatic heterocycles. The number of sulfonamides is 1. The molecule has 0 saturated carbocycles. The van der Waals surface area contributed by atoms with Crippen LogP contribution in [-0.2, 0) is 26.2 Å². The number of aryl methyl sites for hydroxylation is 1. The maximum atomic E-state index is 13.9. The fourth-order valence-corrected chi connectivity index (χ4v) is 5.40. The molecule has 0 radical (unpaired) electrons. The standard InChI is InChI=1S/C30H36FN3O5S/c1-6-22(3)32-30(36)23(4)33(19-24-8-7-9-27(18-24)39-5)29(35)20-34(26-14-10-21(2)11-15-26)40(37,38)28-16-12-25(31)13-17-28/h7-18,22-23H,6,19-20H2,1-5H3,(H,32,36)/t22-,23+/m1/s1. The van der Waals surface area contributed by atoms with Gasteiger partial charge in [0, 0.05) is 12.6 Å². The number of hydrogen-bond acceptors (Lipinski definition) is 5. The molecule has 0 spiro atoms. The Labute approximate surface area is 235 Å². The first-order valence-corrected chi connectivity index (χ1v) is 14.5. The predicted molar refractivity (Wildman–Crippen MR) is 153 cm³/mol. The van der Waals surface area contributed by atoms with Crippen molar-refractivity contribution >= 4 is 27.5 Å². The Bertz CT molecular complexity index is 1410. The lowest BCUT2D eigenvalue weighted by Gasteiger charge is -2.32. The summed E-state index contributed by atoms with van der Waals surface area (Å²) in [5.41, 5.74) is 1.88. The summed E-state index contributed by atoms with van der Waals surface area (Å²) in [4.78, 5) is 28.2. The Balaban J connectivity index is 2.03. The fourth-order valence-electron chi connectivity index (χ4n) is 3.99. The largest absolute Gasteiger partial charge is 0.497 e. The number of anilines is 1. The Morgan fingerprint density at radius 2 is 1.65 bits per heavy atom. The van der Waals surface area contributed by atoms with Crippen molar-refractivity contribution in [2.75, 3.05) is 18.0 Å². The molecule has 1 N–H and O–H groups in total. The van der Waals surface area contributed by atoms with E-state index in [1.165, 1.54) is 12.0 Å². The zero-order valence-corrected chi connectivity index (χ0v) is 24.2. The van der Waals surface area contributed by atoms with Crippen molar-refractivity contribution < 1.29 is 27.1 Å². The van der Waals surface area contributed by atoms with Gasteiger partial charge in [-0.1, -0.05) is 36.8 Å². The van der Waals surface area contributed by atoms with Gasteiger partial charge in [0.15, 0.2) is 0 Å². The minimum atomic E-state index is -4.27. The molecule has 8 nitrogen and oxygen atoms in total. The van der Waals surface area contributed by atoms with E-state index < -0.39 is 34.3 Å². The van der Waals surface area contributed by atoms with Crippen molar-refractivity contribution in [3.05, 3.63) is 89.7 Å². The Kier molecular flexibility index (Phi) is 10.3. The molecule has 2 atom stereocenters. The van der Waals surface area contributed by atoms with E-state index in [1.807, 2.05) is 20.8 Å². The van der Waals surface area contributed by atoms with Crippen LogP contribution in [0, 0.1) is 12.7 Å². The average molecular weight is 570 g/mol. The van der Waals surface area contributed by atoms with Crippen LogP contribution in [0.3, 0.4) is 0 Å². The molecule has 10 heteroatoms. The third-order valence-electron chi connectivity index (χ3n) is 6.66. The van der Waals surface area contributed by atoms with Crippen molar-refractivity contribution in [3.8, 4) is 5.75 Å². The average Bonchev–Trinajstić information content (AvgIpc) is 2.94. The summed E-state index contributed by atoms with van der Waals surface area (Å²) in [6.07, 6.45) is 0.708. The normalized spacial score (nSPS) is 12.8. The van der Waals surface area contributed by atoms with Gasteiger partial charge in [-0.3, -0.25) is 13.9 Å². The molecule has 3 aromatic carbocycles. The zero-order chi connectivity index (χ0) is 29.4. The molecule has 40 heavy (non-hydrogen) atoms. The number of ether oxygens (including phenoxy) is 1. The first-order chi connectivity index (χ1) is 19.0. The van der Waals surface area contributed by atoms with Gasteiger partial charge in [-0.2, -0.15) is 0 Å². The number of halogens is 1. The number of benzene rings is 3. The first kappa shape index (κ1) is 30.6. The lowest BCUT2D eigenvalue weighted by molar-refractivity contribution is -0.139. The highest BCUT2D eigenvalue weighted by molar-refractivity contribution is 7.92. The fraction of sp³-hybridized carbons (Fsp3) is 0.333. The van der Waals surface area contributed by atoms with Crippen LogP contribution < -0.4 is 14.4 Å². The number of methoxy groups -OCH3 is 1. The Morgan fingerprint density at radius 3 is 2.25 bits per heavy atom. The van der Waals surface area contributed by atoms with Gasteiger partial charge in [-0.05, 0) is 81.3 Å². The maximum Gasteiger partial charge on any atom is 0.264 e. The summed E-state index contributed by atoms with van der Waals surface area (Å²) in [6.45, 7) is 6.75. The third kappa shape index (κ3) is 7.59. The van der Waals surface area contributed by atoms with Crippen LogP contribution in [0.1, 0.15) is 38.3 Å². The minimum absolute atomic E-state index is 0.0451. The zero-order valence-electron chi connectivity index (χ0n) is 23.4. The number of amides is 2. The van der Waals surface area contributed by atoms with E-state index in [2.05, 4.69) is 5.32 Å². The van der Waals surface area contributed by atoms with E-state index in [1.54, 1.807) is 55.5 Å². The number of nitrogens with zero attached hydrogens (tertiary/aromatic N) is 2. The van der Waals surface area contributed by atoms with Crippen LogP contribution in [0.2, 0.25) is 0 Å². The van der Waals surface area contributed by atoms with Crippen LogP contribution >= 0.6 is 0 Å². The highest BCUT2D eigenvalue weighted by Crippen LogP contribution is 2.25. The van der Waals surface area contributed by atoms with Crippen LogP contribution in [0.4, 0.5) is 10.1 Å². The summed E-state index contributed by atoms with van der Waals surface area (Å²) in [5.74, 6) is -0.931. The van der Waals surface area contributed by atoms with Crippen LogP contribution in [0.25, 0.3) is 0 Å². The number of nitrogens with one attached hydrogen (secondary N) is 1. The summed E-state index contributed by atoms with van der Waals surface area (Å²) in [7, 11) is -2.73. The van der Waals surface area contributed by atoms with Crippen LogP contribution in [0.5, 0.6) is 5.75 Å². The summed E-state index contributed by atoms with van der Waals surface area (Å²) in [6, 6.07) is 17.2. The summed E-state index contributed by atoms with van der Waals surface area (Å²) in [5, 5.41) is 2.90. The van der Waals surface area contributed by atoms with Gasteiger partial charge in [-0.15, -0.1) is 0 Å². The van der Waals surface area contributed by atoms with Gasteiger partial charge in [0.05, 0.1) is 17.7 Å².